The van der Waals surface area contributed by atoms with Crippen LogP contribution in [0.4, 0.5) is 4.79 Å². The average Bonchev–Trinajstić information content (AvgIpc) is 3.06. The summed E-state index contributed by atoms with van der Waals surface area (Å²) >= 11 is 0. The molecule has 11 nitrogen and oxygen atoms in total. The lowest BCUT2D eigenvalue weighted by atomic mass is 9.89. The fourth-order valence-electron chi connectivity index (χ4n) is 4.35. The molecule has 4 aliphatic heterocycles. The van der Waals surface area contributed by atoms with Gasteiger partial charge < -0.3 is 4.74 Å². The van der Waals surface area contributed by atoms with Crippen molar-refractivity contribution in [1.29, 1.82) is 0 Å². The standard InChI is InChI=1S/C23H20N6O5/c1-14-12-17-27(23(32)33-13-15-8-4-2-5-9-15)28-19(18(22(28)31)25-26-24)20(14)34-29(17)21(30)16-10-6-3-7-11-16/h2-12,17-20H,13H2,1H3/t17-,18+,19+,20-/m1/s1. The first-order chi connectivity index (χ1) is 16.5. The number of β-lactam (4-membered cyclic amide) rings is 1. The van der Waals surface area contributed by atoms with Crippen LogP contribution in [0.15, 0.2) is 77.4 Å². The monoisotopic (exact) mass is 460 g/mol. The molecule has 0 saturated carbocycles. The summed E-state index contributed by atoms with van der Waals surface area (Å²) in [6.45, 7) is 1.74. The van der Waals surface area contributed by atoms with Gasteiger partial charge >= 0.3 is 6.09 Å². The van der Waals surface area contributed by atoms with E-state index in [1.807, 2.05) is 18.2 Å². The normalized spacial score (nSPS) is 24.9. The molecule has 4 atom stereocenters. The topological polar surface area (TPSA) is 128 Å². The van der Waals surface area contributed by atoms with Gasteiger partial charge in [-0.2, -0.15) is 10.1 Å². The number of carbonyl (C=O) groups excluding carboxylic acids is 3. The first kappa shape index (κ1) is 21.5. The molecule has 2 aromatic carbocycles. The van der Waals surface area contributed by atoms with Crippen molar-refractivity contribution >= 4 is 17.9 Å². The summed E-state index contributed by atoms with van der Waals surface area (Å²) in [6.07, 6.45) is -1.03. The minimum Gasteiger partial charge on any atom is -0.443 e. The highest BCUT2D eigenvalue weighted by Gasteiger charge is 2.62. The zero-order valence-electron chi connectivity index (χ0n) is 18.1. The Balaban J connectivity index is 1.52. The van der Waals surface area contributed by atoms with Crippen LogP contribution < -0.4 is 0 Å². The number of amides is 3. The molecule has 2 bridgehead atoms. The molecule has 6 rings (SSSR count). The third-order valence-electron chi connectivity index (χ3n) is 5.99. The maximum atomic E-state index is 13.3. The van der Waals surface area contributed by atoms with E-state index in [0.717, 1.165) is 15.6 Å². The summed E-state index contributed by atoms with van der Waals surface area (Å²) in [5.74, 6) is -1.06. The highest BCUT2D eigenvalue weighted by Crippen LogP contribution is 2.41. The number of azide groups is 1. The first-order valence-corrected chi connectivity index (χ1v) is 10.6. The minimum absolute atomic E-state index is 0.0328. The Labute approximate surface area is 194 Å². The van der Waals surface area contributed by atoms with Gasteiger partial charge in [-0.05, 0) is 41.8 Å². The van der Waals surface area contributed by atoms with E-state index in [9.17, 15) is 14.4 Å². The maximum absolute atomic E-state index is 13.3. The Morgan fingerprint density at radius 1 is 1.12 bits per heavy atom. The number of carbonyl (C=O) groups is 3. The third kappa shape index (κ3) is 3.43. The largest absolute Gasteiger partial charge is 0.443 e. The Bertz CT molecular complexity index is 1210. The second-order valence-electron chi connectivity index (χ2n) is 8.06. The molecule has 4 heterocycles. The summed E-state index contributed by atoms with van der Waals surface area (Å²) < 4.78 is 5.51. The molecule has 0 aliphatic carbocycles. The van der Waals surface area contributed by atoms with E-state index in [4.69, 9.17) is 15.1 Å². The number of hydrogen-bond acceptors (Lipinski definition) is 6. The van der Waals surface area contributed by atoms with Crippen molar-refractivity contribution in [3.63, 3.8) is 0 Å². The van der Waals surface area contributed by atoms with Gasteiger partial charge in [0, 0.05) is 10.5 Å². The van der Waals surface area contributed by atoms with Crippen LogP contribution in [0.1, 0.15) is 22.8 Å². The molecule has 11 heteroatoms. The van der Waals surface area contributed by atoms with Crippen molar-refractivity contribution in [2.24, 2.45) is 5.11 Å². The van der Waals surface area contributed by atoms with E-state index in [0.29, 0.717) is 11.1 Å². The van der Waals surface area contributed by atoms with E-state index < -0.39 is 42.3 Å². The minimum atomic E-state index is -1.08. The zero-order valence-corrected chi connectivity index (χ0v) is 18.1. The molecule has 0 radical (unpaired) electrons. The second kappa shape index (κ2) is 8.54. The number of nitrogens with zero attached hydrogens (tertiary/aromatic N) is 6. The molecule has 34 heavy (non-hydrogen) atoms. The highest BCUT2D eigenvalue weighted by atomic mass is 16.7. The van der Waals surface area contributed by atoms with Crippen molar-refractivity contribution < 1.29 is 24.0 Å². The fraction of sp³-hybridized carbons (Fsp3) is 0.261. The molecule has 0 N–H and O–H groups in total. The van der Waals surface area contributed by atoms with Crippen LogP contribution in [0.5, 0.6) is 0 Å². The van der Waals surface area contributed by atoms with E-state index >= 15 is 0 Å². The van der Waals surface area contributed by atoms with Crippen LogP contribution in [-0.4, -0.2) is 57.3 Å². The Morgan fingerprint density at radius 3 is 2.47 bits per heavy atom. The van der Waals surface area contributed by atoms with Crippen LogP contribution in [0, 0.1) is 0 Å². The van der Waals surface area contributed by atoms with Gasteiger partial charge in [-0.25, -0.2) is 9.80 Å². The van der Waals surface area contributed by atoms with Crippen molar-refractivity contribution in [2.45, 2.75) is 37.9 Å². The highest BCUT2D eigenvalue weighted by molar-refractivity contribution is 5.95. The molecular formula is C23H20N6O5. The molecule has 0 aromatic heterocycles. The van der Waals surface area contributed by atoms with Crippen LogP contribution in [0.3, 0.4) is 0 Å². The van der Waals surface area contributed by atoms with Crippen molar-refractivity contribution in [3.8, 4) is 0 Å². The third-order valence-corrected chi connectivity index (χ3v) is 5.99. The van der Waals surface area contributed by atoms with Gasteiger partial charge in [0.2, 0.25) is 0 Å². The average molecular weight is 460 g/mol. The molecule has 4 aliphatic rings. The van der Waals surface area contributed by atoms with Gasteiger partial charge in [-0.3, -0.25) is 14.4 Å². The van der Waals surface area contributed by atoms with Crippen LogP contribution in [-0.2, 0) is 21.0 Å². The van der Waals surface area contributed by atoms with Gasteiger partial charge in [0.05, 0.1) is 0 Å². The molecular weight excluding hydrogens is 440 g/mol. The van der Waals surface area contributed by atoms with E-state index in [2.05, 4.69) is 10.0 Å². The van der Waals surface area contributed by atoms with Gasteiger partial charge in [0.1, 0.15) is 24.8 Å². The summed E-state index contributed by atoms with van der Waals surface area (Å²) in [5, 5.41) is 6.91. The number of hydrazine groups is 1. The van der Waals surface area contributed by atoms with E-state index in [1.54, 1.807) is 55.5 Å². The van der Waals surface area contributed by atoms with Crippen LogP contribution in [0.2, 0.25) is 0 Å². The molecule has 2 saturated heterocycles. The van der Waals surface area contributed by atoms with Gasteiger partial charge in [-0.1, -0.05) is 53.6 Å². The predicted octanol–water partition coefficient (Wildman–Crippen LogP) is 3.17. The summed E-state index contributed by atoms with van der Waals surface area (Å²) in [6, 6.07) is 15.7. The molecule has 0 spiro atoms. The van der Waals surface area contributed by atoms with Crippen molar-refractivity contribution in [2.75, 3.05) is 0 Å². The summed E-state index contributed by atoms with van der Waals surface area (Å²) in [5.41, 5.74) is 10.8. The van der Waals surface area contributed by atoms with E-state index in [1.165, 1.54) is 5.01 Å². The molecule has 3 amide bonds. The Morgan fingerprint density at radius 2 is 1.79 bits per heavy atom. The molecule has 2 aromatic rings. The van der Waals surface area contributed by atoms with Gasteiger partial charge in [0.15, 0.2) is 6.17 Å². The number of hydroxylamine groups is 2. The second-order valence-corrected chi connectivity index (χ2v) is 8.06. The maximum Gasteiger partial charge on any atom is 0.431 e. The fourth-order valence-corrected chi connectivity index (χ4v) is 4.35. The summed E-state index contributed by atoms with van der Waals surface area (Å²) in [7, 11) is 0. The molecule has 0 unspecified atom stereocenters. The number of rotatable bonds is 4. The SMILES string of the molecule is CC1=C[C@H]2N(C(=O)c3ccccc3)O[C@H]1[C@@H]1[C@H](N=[N+]=[N-])C(=O)N1N2C(=O)OCc1ccccc1. The van der Waals surface area contributed by atoms with Crippen molar-refractivity contribution in [1.82, 2.24) is 15.1 Å². The lowest BCUT2D eigenvalue weighted by Gasteiger charge is -2.48. The lowest BCUT2D eigenvalue weighted by molar-refractivity contribution is -0.185. The van der Waals surface area contributed by atoms with Gasteiger partial charge in [-0.15, -0.1) is 0 Å². The predicted molar refractivity (Wildman–Crippen MR) is 117 cm³/mol. The Kier molecular flexibility index (Phi) is 5.40. The number of ether oxygens (including phenoxy) is 1. The number of fused-ring (bicyclic) bond motifs is 1. The zero-order chi connectivity index (χ0) is 23.8. The lowest BCUT2D eigenvalue weighted by Crippen LogP contribution is -2.73. The smallest absolute Gasteiger partial charge is 0.431 e. The molecule has 172 valence electrons. The number of benzene rings is 2. The van der Waals surface area contributed by atoms with Crippen LogP contribution in [0.25, 0.3) is 10.4 Å². The quantitative estimate of drug-likeness (QED) is 0.228. The first-order valence-electron chi connectivity index (χ1n) is 10.6. The van der Waals surface area contributed by atoms with E-state index in [-0.39, 0.29) is 6.61 Å². The Hall–Kier alpha value is -4.34. The summed E-state index contributed by atoms with van der Waals surface area (Å²) in [4.78, 5) is 48.4. The number of hydrogen-bond donors (Lipinski definition) is 0. The van der Waals surface area contributed by atoms with Gasteiger partial charge in [0.25, 0.3) is 11.8 Å². The van der Waals surface area contributed by atoms with Crippen molar-refractivity contribution in [3.05, 3.63) is 93.9 Å². The molecule has 2 fully saturated rings. The van der Waals surface area contributed by atoms with Crippen LogP contribution >= 0.6 is 0 Å².